The van der Waals surface area contributed by atoms with Crippen molar-refractivity contribution in [2.45, 2.75) is 38.9 Å². The molecule has 0 bridgehead atoms. The van der Waals surface area contributed by atoms with Gasteiger partial charge in [-0.05, 0) is 66.8 Å². The number of benzene rings is 3. The number of rotatable bonds is 1. The van der Waals surface area contributed by atoms with Gasteiger partial charge in [0.1, 0.15) is 0 Å². The zero-order chi connectivity index (χ0) is 16.2. The molecule has 1 saturated heterocycles. The van der Waals surface area contributed by atoms with E-state index < -0.39 is 0 Å². The van der Waals surface area contributed by atoms with Crippen LogP contribution in [-0.2, 0) is 9.31 Å². The van der Waals surface area contributed by atoms with Gasteiger partial charge in [0.2, 0.25) is 0 Å². The van der Waals surface area contributed by atoms with Crippen LogP contribution >= 0.6 is 0 Å². The molecule has 0 atom stereocenters. The molecular formula is C20H21BO2. The molecule has 0 unspecified atom stereocenters. The molecule has 0 saturated carbocycles. The Morgan fingerprint density at radius 3 is 1.78 bits per heavy atom. The molecule has 0 spiro atoms. The van der Waals surface area contributed by atoms with E-state index in [1.54, 1.807) is 0 Å². The molecule has 3 heteroatoms. The first-order chi connectivity index (χ1) is 10.9. The molecule has 3 aromatic carbocycles. The molecule has 1 fully saturated rings. The van der Waals surface area contributed by atoms with Crippen LogP contribution in [-0.4, -0.2) is 18.3 Å². The lowest BCUT2D eigenvalue weighted by Gasteiger charge is -2.32. The van der Waals surface area contributed by atoms with Crippen LogP contribution in [0.1, 0.15) is 27.7 Å². The normalized spacial score (nSPS) is 19.6. The van der Waals surface area contributed by atoms with E-state index in [0.29, 0.717) is 0 Å². The Bertz CT molecular complexity index is 882. The van der Waals surface area contributed by atoms with Gasteiger partial charge in [-0.15, -0.1) is 0 Å². The molecule has 0 radical (unpaired) electrons. The van der Waals surface area contributed by atoms with Gasteiger partial charge >= 0.3 is 7.12 Å². The second-order valence-electron chi connectivity index (χ2n) is 7.39. The summed E-state index contributed by atoms with van der Waals surface area (Å²) in [6, 6.07) is 19.4. The van der Waals surface area contributed by atoms with Crippen LogP contribution in [0.2, 0.25) is 0 Å². The summed E-state index contributed by atoms with van der Waals surface area (Å²) in [5, 5.41) is 4.98. The van der Waals surface area contributed by atoms with Crippen molar-refractivity contribution >= 4 is 34.1 Å². The molecule has 0 N–H and O–H groups in total. The largest absolute Gasteiger partial charge is 0.494 e. The lowest BCUT2D eigenvalue weighted by molar-refractivity contribution is 0.00578. The van der Waals surface area contributed by atoms with E-state index in [2.05, 4.69) is 82.3 Å². The van der Waals surface area contributed by atoms with Crippen LogP contribution in [0.3, 0.4) is 0 Å². The smallest absolute Gasteiger partial charge is 0.399 e. The maximum Gasteiger partial charge on any atom is 0.494 e. The van der Waals surface area contributed by atoms with Gasteiger partial charge in [0.15, 0.2) is 0 Å². The summed E-state index contributed by atoms with van der Waals surface area (Å²) in [4.78, 5) is 0. The minimum absolute atomic E-state index is 0.309. The molecule has 1 aliphatic heterocycles. The molecule has 1 aliphatic rings. The highest BCUT2D eigenvalue weighted by atomic mass is 16.7. The van der Waals surface area contributed by atoms with Crippen molar-refractivity contribution in [1.29, 1.82) is 0 Å². The maximum atomic E-state index is 6.16. The SMILES string of the molecule is CC1(C)OB(c2ccc3cc4ccccc4cc3c2)OC1(C)C. The molecule has 23 heavy (non-hydrogen) atoms. The Labute approximate surface area is 137 Å². The number of hydrogen-bond donors (Lipinski definition) is 0. The first kappa shape index (κ1) is 14.7. The van der Waals surface area contributed by atoms with Crippen molar-refractivity contribution < 1.29 is 9.31 Å². The third kappa shape index (κ3) is 2.35. The molecule has 4 rings (SSSR count). The lowest BCUT2D eigenvalue weighted by atomic mass is 9.78. The van der Waals surface area contributed by atoms with E-state index >= 15 is 0 Å². The summed E-state index contributed by atoms with van der Waals surface area (Å²) in [6.45, 7) is 8.34. The Morgan fingerprint density at radius 1 is 0.652 bits per heavy atom. The lowest BCUT2D eigenvalue weighted by Crippen LogP contribution is -2.41. The molecule has 116 valence electrons. The van der Waals surface area contributed by atoms with Crippen molar-refractivity contribution in [3.8, 4) is 0 Å². The molecule has 1 heterocycles. The minimum Gasteiger partial charge on any atom is -0.399 e. The molecule has 3 aromatic rings. The summed E-state index contributed by atoms with van der Waals surface area (Å²) in [6.07, 6.45) is 0. The molecule has 0 aliphatic carbocycles. The summed E-state index contributed by atoms with van der Waals surface area (Å²) >= 11 is 0. The fraction of sp³-hybridized carbons (Fsp3) is 0.300. The van der Waals surface area contributed by atoms with Crippen molar-refractivity contribution in [2.24, 2.45) is 0 Å². The highest BCUT2D eigenvalue weighted by molar-refractivity contribution is 6.62. The third-order valence-corrected chi connectivity index (χ3v) is 5.25. The van der Waals surface area contributed by atoms with Crippen molar-refractivity contribution in [3.05, 3.63) is 54.6 Å². The second-order valence-corrected chi connectivity index (χ2v) is 7.39. The summed E-state index contributed by atoms with van der Waals surface area (Å²) in [7, 11) is -0.309. The van der Waals surface area contributed by atoms with Gasteiger partial charge in [-0.25, -0.2) is 0 Å². The first-order valence-electron chi connectivity index (χ1n) is 8.14. The van der Waals surface area contributed by atoms with Crippen LogP contribution in [0.5, 0.6) is 0 Å². The highest BCUT2D eigenvalue weighted by Gasteiger charge is 2.51. The van der Waals surface area contributed by atoms with Gasteiger partial charge < -0.3 is 9.31 Å². The number of fused-ring (bicyclic) bond motifs is 2. The predicted octanol–water partition coefficient (Wildman–Crippen LogP) is 4.29. The van der Waals surface area contributed by atoms with Gasteiger partial charge in [0, 0.05) is 0 Å². The summed E-state index contributed by atoms with van der Waals surface area (Å²) < 4.78 is 12.3. The van der Waals surface area contributed by atoms with E-state index in [0.717, 1.165) is 5.46 Å². The zero-order valence-electron chi connectivity index (χ0n) is 14.1. The monoisotopic (exact) mass is 304 g/mol. The van der Waals surface area contributed by atoms with Crippen LogP contribution in [0, 0.1) is 0 Å². The third-order valence-electron chi connectivity index (χ3n) is 5.25. The van der Waals surface area contributed by atoms with E-state index in [-0.39, 0.29) is 18.3 Å². The topological polar surface area (TPSA) is 18.5 Å². The van der Waals surface area contributed by atoms with E-state index in [4.69, 9.17) is 9.31 Å². The molecule has 0 amide bonds. The number of hydrogen-bond acceptors (Lipinski definition) is 2. The average Bonchev–Trinajstić information content (AvgIpc) is 2.73. The predicted molar refractivity (Wildman–Crippen MR) is 97.2 cm³/mol. The average molecular weight is 304 g/mol. The van der Waals surface area contributed by atoms with E-state index in [1.807, 2.05) is 0 Å². The maximum absolute atomic E-state index is 6.16. The van der Waals surface area contributed by atoms with Gasteiger partial charge in [0.25, 0.3) is 0 Å². The summed E-state index contributed by atoms with van der Waals surface area (Å²) in [5.41, 5.74) is 0.456. The Kier molecular flexibility index (Phi) is 3.09. The van der Waals surface area contributed by atoms with Crippen LogP contribution in [0.15, 0.2) is 54.6 Å². The van der Waals surface area contributed by atoms with E-state index in [9.17, 15) is 0 Å². The second kappa shape index (κ2) is 4.83. The fourth-order valence-electron chi connectivity index (χ4n) is 3.08. The molecule has 0 aromatic heterocycles. The Balaban J connectivity index is 1.79. The van der Waals surface area contributed by atoms with Crippen molar-refractivity contribution in [2.75, 3.05) is 0 Å². The molecular weight excluding hydrogens is 283 g/mol. The van der Waals surface area contributed by atoms with E-state index in [1.165, 1.54) is 21.5 Å². The van der Waals surface area contributed by atoms with Crippen LogP contribution < -0.4 is 5.46 Å². The Morgan fingerprint density at radius 2 is 1.17 bits per heavy atom. The minimum atomic E-state index is -0.310. The van der Waals surface area contributed by atoms with Crippen molar-refractivity contribution in [1.82, 2.24) is 0 Å². The zero-order valence-corrected chi connectivity index (χ0v) is 14.1. The Hall–Kier alpha value is -1.84. The van der Waals surface area contributed by atoms with Gasteiger partial charge in [-0.2, -0.15) is 0 Å². The van der Waals surface area contributed by atoms with Crippen LogP contribution in [0.4, 0.5) is 0 Å². The van der Waals surface area contributed by atoms with Gasteiger partial charge in [0.05, 0.1) is 11.2 Å². The van der Waals surface area contributed by atoms with Gasteiger partial charge in [-0.1, -0.05) is 42.5 Å². The quantitative estimate of drug-likeness (QED) is 0.493. The first-order valence-corrected chi connectivity index (χ1v) is 8.14. The summed E-state index contributed by atoms with van der Waals surface area (Å²) in [5.74, 6) is 0. The van der Waals surface area contributed by atoms with Crippen LogP contribution in [0.25, 0.3) is 21.5 Å². The standard InChI is InChI=1S/C20H21BO2/c1-19(2)20(3,4)23-21(22-19)18-10-9-16-11-14-7-5-6-8-15(14)12-17(16)13-18/h5-13H,1-4H3. The molecule has 2 nitrogen and oxygen atoms in total. The fourth-order valence-corrected chi connectivity index (χ4v) is 3.08. The highest BCUT2D eigenvalue weighted by Crippen LogP contribution is 2.36. The van der Waals surface area contributed by atoms with Crippen molar-refractivity contribution in [3.63, 3.8) is 0 Å². The van der Waals surface area contributed by atoms with Gasteiger partial charge in [-0.3, -0.25) is 0 Å².